The van der Waals surface area contributed by atoms with Crippen molar-refractivity contribution in [2.75, 3.05) is 6.61 Å². The zero-order valence-corrected chi connectivity index (χ0v) is 13.6. The number of aliphatic hydroxyl groups is 4. The molecule has 140 valence electrons. The van der Waals surface area contributed by atoms with Crippen LogP contribution in [0.2, 0.25) is 0 Å². The molecule has 0 radical (unpaired) electrons. The molecule has 0 bridgehead atoms. The van der Waals surface area contributed by atoms with E-state index in [-0.39, 0.29) is 6.42 Å². The summed E-state index contributed by atoms with van der Waals surface area (Å²) in [7, 11) is 0. The molecule has 25 heavy (non-hydrogen) atoms. The second-order valence-electron chi connectivity index (χ2n) is 6.08. The van der Waals surface area contributed by atoms with E-state index in [1.807, 2.05) is 30.3 Å². The molecule has 1 fully saturated rings. The first-order chi connectivity index (χ1) is 11.9. The summed E-state index contributed by atoms with van der Waals surface area (Å²) in [5.74, 6) is -1.07. The number of hydrogen-bond donors (Lipinski definition) is 5. The molecule has 8 heteroatoms. The summed E-state index contributed by atoms with van der Waals surface area (Å²) in [6.45, 7) is -0.571. The van der Waals surface area contributed by atoms with Crippen molar-refractivity contribution in [2.45, 2.75) is 56.1 Å². The molecular formula is C17H24O8. The largest absolute Gasteiger partial charge is 0.481 e. The van der Waals surface area contributed by atoms with E-state index in [0.29, 0.717) is 12.8 Å². The van der Waals surface area contributed by atoms with Gasteiger partial charge in [-0.15, -0.1) is 0 Å². The number of aliphatic hydroxyl groups excluding tert-OH is 4. The lowest BCUT2D eigenvalue weighted by Gasteiger charge is -2.40. The van der Waals surface area contributed by atoms with Crippen LogP contribution in [-0.2, 0) is 20.7 Å². The van der Waals surface area contributed by atoms with Crippen molar-refractivity contribution < 1.29 is 39.8 Å². The predicted octanol–water partition coefficient (Wildman–Crippen LogP) is -0.721. The zero-order valence-electron chi connectivity index (χ0n) is 13.6. The van der Waals surface area contributed by atoms with E-state index in [4.69, 9.17) is 14.6 Å². The van der Waals surface area contributed by atoms with Crippen molar-refractivity contribution >= 4 is 5.97 Å². The van der Waals surface area contributed by atoms with Gasteiger partial charge in [-0.1, -0.05) is 30.3 Å². The van der Waals surface area contributed by atoms with E-state index in [1.165, 1.54) is 0 Å². The summed E-state index contributed by atoms with van der Waals surface area (Å²) < 4.78 is 10.8. The molecule has 0 saturated carbocycles. The molecule has 0 aromatic heterocycles. The van der Waals surface area contributed by atoms with Crippen LogP contribution in [0.5, 0.6) is 0 Å². The smallest absolute Gasteiger partial charge is 0.305 e. The summed E-state index contributed by atoms with van der Waals surface area (Å²) in [6, 6.07) is 9.44. The lowest BCUT2D eigenvalue weighted by atomic mass is 9.99. The number of aryl methyl sites for hydroxylation is 1. The van der Waals surface area contributed by atoms with Crippen molar-refractivity contribution in [3.05, 3.63) is 35.9 Å². The van der Waals surface area contributed by atoms with E-state index in [0.717, 1.165) is 5.56 Å². The molecule has 8 nitrogen and oxygen atoms in total. The highest BCUT2D eigenvalue weighted by atomic mass is 16.7. The fourth-order valence-electron chi connectivity index (χ4n) is 2.75. The Hall–Kier alpha value is -1.55. The van der Waals surface area contributed by atoms with Gasteiger partial charge >= 0.3 is 5.97 Å². The highest BCUT2D eigenvalue weighted by molar-refractivity contribution is 5.67. The number of ether oxygens (including phenoxy) is 2. The molecule has 1 aromatic rings. The summed E-state index contributed by atoms with van der Waals surface area (Å²) in [4.78, 5) is 11.1. The Labute approximate surface area is 145 Å². The van der Waals surface area contributed by atoms with Gasteiger partial charge in [0.25, 0.3) is 0 Å². The van der Waals surface area contributed by atoms with Crippen LogP contribution in [0.3, 0.4) is 0 Å². The maximum absolute atomic E-state index is 11.1. The lowest BCUT2D eigenvalue weighted by Crippen LogP contribution is -2.59. The Morgan fingerprint density at radius 1 is 1.12 bits per heavy atom. The van der Waals surface area contributed by atoms with Crippen LogP contribution in [0.1, 0.15) is 18.4 Å². The standard InChI is InChI=1S/C17H24O8/c18-9-12-14(21)15(22)16(23)17(25-12)24-11(8-13(19)20)7-6-10-4-2-1-3-5-10/h1-5,11-12,14-18,21-23H,6-9H2,(H,19,20)/t11-,12-,14-,15+,16+,17+/m1/s1. The van der Waals surface area contributed by atoms with Gasteiger partial charge in [0.2, 0.25) is 0 Å². The maximum atomic E-state index is 11.1. The minimum Gasteiger partial charge on any atom is -0.481 e. The number of hydrogen-bond acceptors (Lipinski definition) is 7. The molecule has 1 aliphatic heterocycles. The van der Waals surface area contributed by atoms with Gasteiger partial charge in [-0.05, 0) is 18.4 Å². The van der Waals surface area contributed by atoms with Crippen LogP contribution in [0.15, 0.2) is 30.3 Å². The quantitative estimate of drug-likeness (QED) is 0.412. The Bertz CT molecular complexity index is 535. The first-order valence-electron chi connectivity index (χ1n) is 8.14. The van der Waals surface area contributed by atoms with Crippen LogP contribution < -0.4 is 0 Å². The molecule has 0 unspecified atom stereocenters. The molecule has 5 N–H and O–H groups in total. The first kappa shape index (κ1) is 19.8. The van der Waals surface area contributed by atoms with Crippen LogP contribution >= 0.6 is 0 Å². The Balaban J connectivity index is 2.01. The first-order valence-corrected chi connectivity index (χ1v) is 8.14. The van der Waals surface area contributed by atoms with Gasteiger partial charge in [0.15, 0.2) is 6.29 Å². The van der Waals surface area contributed by atoms with Crippen LogP contribution in [0.25, 0.3) is 0 Å². The topological polar surface area (TPSA) is 137 Å². The molecule has 6 atom stereocenters. The summed E-state index contributed by atoms with van der Waals surface area (Å²) in [5.41, 5.74) is 1.01. The molecule has 0 aliphatic carbocycles. The summed E-state index contributed by atoms with van der Waals surface area (Å²) >= 11 is 0. The van der Waals surface area contributed by atoms with Crippen molar-refractivity contribution in [2.24, 2.45) is 0 Å². The van der Waals surface area contributed by atoms with Crippen LogP contribution in [-0.4, -0.2) is 74.9 Å². The minimum absolute atomic E-state index is 0.304. The third-order valence-corrected chi connectivity index (χ3v) is 4.18. The van der Waals surface area contributed by atoms with Gasteiger partial charge in [-0.3, -0.25) is 4.79 Å². The molecule has 1 aromatic carbocycles. The molecular weight excluding hydrogens is 332 g/mol. The molecule has 1 heterocycles. The van der Waals surface area contributed by atoms with Gasteiger partial charge in [0.1, 0.15) is 24.4 Å². The maximum Gasteiger partial charge on any atom is 0.305 e. The normalized spacial score (nSPS) is 30.8. The molecule has 0 spiro atoms. The van der Waals surface area contributed by atoms with Crippen LogP contribution in [0, 0.1) is 0 Å². The van der Waals surface area contributed by atoms with Gasteiger partial charge in [-0.25, -0.2) is 0 Å². The van der Waals surface area contributed by atoms with E-state index >= 15 is 0 Å². The number of benzene rings is 1. The van der Waals surface area contributed by atoms with Gasteiger partial charge in [-0.2, -0.15) is 0 Å². The number of carboxylic acids is 1. The van der Waals surface area contributed by atoms with E-state index in [1.54, 1.807) is 0 Å². The third kappa shape index (κ3) is 5.46. The number of aliphatic carboxylic acids is 1. The van der Waals surface area contributed by atoms with Crippen molar-refractivity contribution in [1.29, 1.82) is 0 Å². The highest BCUT2D eigenvalue weighted by Crippen LogP contribution is 2.24. The van der Waals surface area contributed by atoms with Crippen LogP contribution in [0.4, 0.5) is 0 Å². The minimum atomic E-state index is -1.56. The van der Waals surface area contributed by atoms with E-state index in [2.05, 4.69) is 0 Å². The second kappa shape index (κ2) is 9.23. The monoisotopic (exact) mass is 356 g/mol. The van der Waals surface area contributed by atoms with Crippen molar-refractivity contribution in [1.82, 2.24) is 0 Å². The lowest BCUT2D eigenvalue weighted by molar-refractivity contribution is -0.311. The van der Waals surface area contributed by atoms with Gasteiger partial charge in [0, 0.05) is 0 Å². The average molecular weight is 356 g/mol. The van der Waals surface area contributed by atoms with Gasteiger partial charge < -0.3 is 35.0 Å². The molecule has 0 amide bonds. The van der Waals surface area contributed by atoms with E-state index in [9.17, 15) is 25.2 Å². The fourth-order valence-corrected chi connectivity index (χ4v) is 2.75. The predicted molar refractivity (Wildman–Crippen MR) is 85.7 cm³/mol. The third-order valence-electron chi connectivity index (χ3n) is 4.18. The molecule has 2 rings (SSSR count). The van der Waals surface area contributed by atoms with Gasteiger partial charge in [0.05, 0.1) is 19.1 Å². The van der Waals surface area contributed by atoms with Crippen molar-refractivity contribution in [3.63, 3.8) is 0 Å². The summed E-state index contributed by atoms with van der Waals surface area (Å²) in [5, 5.41) is 47.8. The Kier molecular flexibility index (Phi) is 7.30. The Morgan fingerprint density at radius 3 is 2.40 bits per heavy atom. The number of carbonyl (C=O) groups is 1. The molecule has 1 aliphatic rings. The summed E-state index contributed by atoms with van der Waals surface area (Å²) in [6.07, 6.45) is -7.16. The number of carboxylic acid groups (broad SMARTS) is 1. The average Bonchev–Trinajstić information content (AvgIpc) is 2.60. The second-order valence-corrected chi connectivity index (χ2v) is 6.08. The zero-order chi connectivity index (χ0) is 18.4. The Morgan fingerprint density at radius 2 is 1.80 bits per heavy atom. The highest BCUT2D eigenvalue weighted by Gasteiger charge is 2.44. The van der Waals surface area contributed by atoms with Crippen molar-refractivity contribution in [3.8, 4) is 0 Å². The molecule has 1 saturated heterocycles. The number of rotatable bonds is 8. The van der Waals surface area contributed by atoms with E-state index < -0.39 is 49.4 Å². The fraction of sp³-hybridized carbons (Fsp3) is 0.588. The SMILES string of the molecule is O=C(O)C[C@@H](CCc1ccccc1)O[C@H]1O[C@H](CO)[C@@H](O)[C@H](O)[C@@H]1O.